The van der Waals surface area contributed by atoms with Crippen LogP contribution in [0.1, 0.15) is 34.6 Å². The Labute approximate surface area is 198 Å². The molecule has 1 aromatic heterocycles. The van der Waals surface area contributed by atoms with Gasteiger partial charge in [0.15, 0.2) is 6.61 Å². The van der Waals surface area contributed by atoms with Gasteiger partial charge >= 0.3 is 0 Å². The molecule has 0 unspecified atom stereocenters. The normalized spacial score (nSPS) is 14.1. The van der Waals surface area contributed by atoms with Crippen molar-refractivity contribution in [3.63, 3.8) is 0 Å². The highest BCUT2D eigenvalue weighted by molar-refractivity contribution is 5.97. The second-order valence-corrected chi connectivity index (χ2v) is 8.14. The van der Waals surface area contributed by atoms with E-state index >= 15 is 0 Å². The van der Waals surface area contributed by atoms with Crippen molar-refractivity contribution in [2.45, 2.75) is 26.9 Å². The number of para-hydroxylation sites is 2. The lowest BCUT2D eigenvalue weighted by atomic mass is 10.1. The van der Waals surface area contributed by atoms with Gasteiger partial charge in [0.2, 0.25) is 17.6 Å². The van der Waals surface area contributed by atoms with E-state index in [0.29, 0.717) is 55.8 Å². The van der Waals surface area contributed by atoms with Crippen LogP contribution in [0.15, 0.2) is 53.1 Å². The number of aromatic nitrogens is 2. The number of nitrogens with zero attached hydrogens (tertiary/aromatic N) is 4. The zero-order valence-electron chi connectivity index (χ0n) is 19.5. The number of rotatable bonds is 8. The lowest BCUT2D eigenvalue weighted by Crippen LogP contribution is -2.50. The maximum Gasteiger partial charge on any atom is 0.257 e. The van der Waals surface area contributed by atoms with Gasteiger partial charge in [0, 0.05) is 38.8 Å². The van der Waals surface area contributed by atoms with E-state index in [4.69, 9.17) is 9.26 Å². The molecule has 1 aliphatic heterocycles. The second kappa shape index (κ2) is 10.9. The lowest BCUT2D eigenvalue weighted by Gasteiger charge is -2.34. The number of nitrogens with one attached hydrogen (secondary N) is 1. The Morgan fingerprint density at radius 3 is 2.53 bits per heavy atom. The predicted octanol–water partition coefficient (Wildman–Crippen LogP) is 2.92. The van der Waals surface area contributed by atoms with Crippen LogP contribution in [0.3, 0.4) is 0 Å². The molecule has 1 aliphatic rings. The van der Waals surface area contributed by atoms with Crippen LogP contribution in [0.25, 0.3) is 0 Å². The molecule has 178 valence electrons. The molecular weight excluding hydrogens is 434 g/mol. The number of carbonyl (C=O) groups excluding carboxylic acids is 2. The molecule has 0 spiro atoms. The molecule has 2 heterocycles. The molecule has 0 bridgehead atoms. The molecule has 4 rings (SSSR count). The smallest absolute Gasteiger partial charge is 0.257 e. The van der Waals surface area contributed by atoms with Crippen LogP contribution >= 0.6 is 0 Å². The minimum Gasteiger partial charge on any atom is -0.485 e. The molecule has 1 fully saturated rings. The molecule has 9 nitrogen and oxygen atoms in total. The third-order valence-electron chi connectivity index (χ3n) is 5.74. The third-order valence-corrected chi connectivity index (χ3v) is 5.74. The molecule has 2 aromatic carbocycles. The minimum atomic E-state index is -0.0964. The van der Waals surface area contributed by atoms with Crippen LogP contribution < -0.4 is 10.1 Å². The monoisotopic (exact) mass is 463 g/mol. The van der Waals surface area contributed by atoms with Crippen LogP contribution in [0, 0.1) is 6.92 Å². The fourth-order valence-electron chi connectivity index (χ4n) is 3.93. The van der Waals surface area contributed by atoms with Crippen LogP contribution in [0.4, 0.5) is 5.69 Å². The Balaban J connectivity index is 1.30. The number of aryl methyl sites for hydroxylation is 2. The van der Waals surface area contributed by atoms with Crippen molar-refractivity contribution in [3.8, 4) is 5.75 Å². The van der Waals surface area contributed by atoms with E-state index in [-0.39, 0.29) is 18.4 Å². The van der Waals surface area contributed by atoms with Gasteiger partial charge in [-0.25, -0.2) is 0 Å². The largest absolute Gasteiger partial charge is 0.485 e. The van der Waals surface area contributed by atoms with E-state index in [0.717, 1.165) is 17.7 Å². The maximum absolute atomic E-state index is 13.2. The molecule has 1 saturated heterocycles. The molecule has 0 radical (unpaired) electrons. The van der Waals surface area contributed by atoms with E-state index in [2.05, 4.69) is 27.3 Å². The van der Waals surface area contributed by atoms with Gasteiger partial charge in [-0.15, -0.1) is 0 Å². The summed E-state index contributed by atoms with van der Waals surface area (Å²) in [6, 6.07) is 15.0. The van der Waals surface area contributed by atoms with Gasteiger partial charge in [-0.05, 0) is 30.2 Å². The Kier molecular flexibility index (Phi) is 7.54. The van der Waals surface area contributed by atoms with Crippen LogP contribution in [0.2, 0.25) is 0 Å². The first-order chi connectivity index (χ1) is 16.5. The first-order valence-corrected chi connectivity index (χ1v) is 11.4. The standard InChI is InChI=1S/C25H29N5O4/c1-3-19-8-4-6-10-21(19)27-24(31)16-29-12-14-30(15-13-29)25(32)20-9-5-7-11-22(20)33-17-23-26-18(2)34-28-23/h4-11H,3,12-17H2,1-2H3,(H,27,31). The Morgan fingerprint density at radius 2 is 1.79 bits per heavy atom. The van der Waals surface area contributed by atoms with Gasteiger partial charge < -0.3 is 19.5 Å². The van der Waals surface area contributed by atoms with E-state index < -0.39 is 0 Å². The van der Waals surface area contributed by atoms with Crippen molar-refractivity contribution in [3.05, 3.63) is 71.4 Å². The number of carbonyl (C=O) groups is 2. The van der Waals surface area contributed by atoms with Crippen molar-refractivity contribution in [2.24, 2.45) is 0 Å². The van der Waals surface area contributed by atoms with Gasteiger partial charge in [-0.2, -0.15) is 4.98 Å². The summed E-state index contributed by atoms with van der Waals surface area (Å²) in [4.78, 5) is 33.7. The van der Waals surface area contributed by atoms with Gasteiger partial charge in [0.1, 0.15) is 5.75 Å². The first kappa shape index (κ1) is 23.4. The molecule has 1 N–H and O–H groups in total. The van der Waals surface area contributed by atoms with Crippen LogP contribution in [-0.4, -0.2) is 64.5 Å². The Bertz CT molecular complexity index is 1140. The summed E-state index contributed by atoms with van der Waals surface area (Å²) in [6.07, 6.45) is 0.858. The summed E-state index contributed by atoms with van der Waals surface area (Å²) in [7, 11) is 0. The number of anilines is 1. The van der Waals surface area contributed by atoms with Crippen LogP contribution in [0.5, 0.6) is 5.75 Å². The van der Waals surface area contributed by atoms with E-state index in [1.807, 2.05) is 36.4 Å². The number of hydrogen-bond acceptors (Lipinski definition) is 7. The maximum atomic E-state index is 13.2. The topological polar surface area (TPSA) is 101 Å². The summed E-state index contributed by atoms with van der Waals surface area (Å²) in [5.41, 5.74) is 2.46. The fourth-order valence-corrected chi connectivity index (χ4v) is 3.93. The van der Waals surface area contributed by atoms with Crippen molar-refractivity contribution in [2.75, 3.05) is 38.0 Å². The molecule has 34 heavy (non-hydrogen) atoms. The second-order valence-electron chi connectivity index (χ2n) is 8.14. The number of ether oxygens (including phenoxy) is 1. The van der Waals surface area contributed by atoms with E-state index in [1.165, 1.54) is 0 Å². The average molecular weight is 464 g/mol. The molecule has 0 aliphatic carbocycles. The average Bonchev–Trinajstić information content (AvgIpc) is 3.28. The van der Waals surface area contributed by atoms with E-state index in [9.17, 15) is 9.59 Å². The van der Waals surface area contributed by atoms with Gasteiger partial charge in [0.25, 0.3) is 5.91 Å². The summed E-state index contributed by atoms with van der Waals surface area (Å²) in [6.45, 7) is 6.51. The zero-order valence-corrected chi connectivity index (χ0v) is 19.5. The fraction of sp³-hybridized carbons (Fsp3) is 0.360. The Morgan fingerprint density at radius 1 is 1.06 bits per heavy atom. The molecule has 9 heteroatoms. The number of hydrogen-bond donors (Lipinski definition) is 1. The third kappa shape index (κ3) is 5.79. The van der Waals surface area contributed by atoms with Crippen molar-refractivity contribution in [1.82, 2.24) is 19.9 Å². The molecular formula is C25H29N5O4. The lowest BCUT2D eigenvalue weighted by molar-refractivity contribution is -0.117. The SMILES string of the molecule is CCc1ccccc1NC(=O)CN1CCN(C(=O)c2ccccc2OCc2noc(C)n2)CC1. The summed E-state index contributed by atoms with van der Waals surface area (Å²) in [5.74, 6) is 1.22. The predicted molar refractivity (Wildman–Crippen MR) is 127 cm³/mol. The summed E-state index contributed by atoms with van der Waals surface area (Å²) in [5, 5.41) is 6.83. The molecule has 0 atom stereocenters. The van der Waals surface area contributed by atoms with Crippen molar-refractivity contribution >= 4 is 17.5 Å². The van der Waals surface area contributed by atoms with Crippen molar-refractivity contribution < 1.29 is 18.8 Å². The molecule has 2 amide bonds. The molecule has 3 aromatic rings. The number of benzene rings is 2. The molecule has 0 saturated carbocycles. The highest BCUT2D eigenvalue weighted by Crippen LogP contribution is 2.22. The Hall–Kier alpha value is -3.72. The van der Waals surface area contributed by atoms with Crippen LogP contribution in [-0.2, 0) is 17.8 Å². The highest BCUT2D eigenvalue weighted by atomic mass is 16.5. The highest BCUT2D eigenvalue weighted by Gasteiger charge is 2.25. The van der Waals surface area contributed by atoms with Gasteiger partial charge in [0.05, 0.1) is 12.1 Å². The number of piperazine rings is 1. The first-order valence-electron chi connectivity index (χ1n) is 11.4. The number of amides is 2. The summed E-state index contributed by atoms with van der Waals surface area (Å²) >= 11 is 0. The minimum absolute atomic E-state index is 0.0453. The zero-order chi connectivity index (χ0) is 23.9. The summed E-state index contributed by atoms with van der Waals surface area (Å²) < 4.78 is 10.8. The van der Waals surface area contributed by atoms with E-state index in [1.54, 1.807) is 24.0 Å². The van der Waals surface area contributed by atoms with Crippen molar-refractivity contribution in [1.29, 1.82) is 0 Å². The quantitative estimate of drug-likeness (QED) is 0.548. The van der Waals surface area contributed by atoms with Gasteiger partial charge in [-0.1, -0.05) is 42.4 Å². The van der Waals surface area contributed by atoms with Gasteiger partial charge in [-0.3, -0.25) is 14.5 Å².